The smallest absolute Gasteiger partial charge is 0.0342 e. The fraction of sp³-hybridized carbons (Fsp3) is 0.700. The molecule has 0 aromatic heterocycles. The van der Waals surface area contributed by atoms with Crippen molar-refractivity contribution in [3.05, 3.63) is 29.8 Å². The van der Waals surface area contributed by atoms with Crippen LogP contribution in [0.3, 0.4) is 0 Å². The maximum absolute atomic E-state index is 3.76. The van der Waals surface area contributed by atoms with Crippen molar-refractivity contribution in [1.82, 2.24) is 0 Å². The highest BCUT2D eigenvalue weighted by Gasteiger charge is 2.21. The summed E-state index contributed by atoms with van der Waals surface area (Å²) in [5, 5.41) is 3.76. The first-order valence-corrected chi connectivity index (χ1v) is 8.73. The summed E-state index contributed by atoms with van der Waals surface area (Å²) in [6.07, 6.45) is 6.82. The van der Waals surface area contributed by atoms with Gasteiger partial charge in [0.1, 0.15) is 0 Å². The quantitative estimate of drug-likeness (QED) is 0.672. The molecule has 2 atom stereocenters. The summed E-state index contributed by atoms with van der Waals surface area (Å²) >= 11 is 0. The Morgan fingerprint density at radius 1 is 0.952 bits per heavy atom. The zero-order valence-electron chi connectivity index (χ0n) is 14.6. The van der Waals surface area contributed by atoms with Crippen LogP contribution >= 0.6 is 0 Å². The molecule has 1 fully saturated rings. The molecule has 1 heteroatoms. The zero-order valence-corrected chi connectivity index (χ0v) is 14.6. The molecule has 0 heterocycles. The highest BCUT2D eigenvalue weighted by atomic mass is 14.9. The largest absolute Gasteiger partial charge is 0.382 e. The fourth-order valence-corrected chi connectivity index (χ4v) is 3.44. The lowest BCUT2D eigenvalue weighted by atomic mass is 9.87. The van der Waals surface area contributed by atoms with Gasteiger partial charge in [-0.25, -0.2) is 0 Å². The predicted octanol–water partition coefficient (Wildman–Crippen LogP) is 6.00. The molecule has 2 rings (SSSR count). The van der Waals surface area contributed by atoms with Crippen LogP contribution < -0.4 is 5.32 Å². The second-order valence-corrected chi connectivity index (χ2v) is 8.18. The van der Waals surface area contributed by atoms with E-state index >= 15 is 0 Å². The molecule has 1 aliphatic rings. The highest BCUT2D eigenvalue weighted by Crippen LogP contribution is 2.30. The first kappa shape index (κ1) is 16.4. The van der Waals surface area contributed by atoms with Crippen molar-refractivity contribution in [2.45, 2.75) is 78.2 Å². The molecular weight excluding hydrogens is 254 g/mol. The fourth-order valence-electron chi connectivity index (χ4n) is 3.44. The van der Waals surface area contributed by atoms with Gasteiger partial charge in [0.25, 0.3) is 0 Å². The summed E-state index contributed by atoms with van der Waals surface area (Å²) in [6, 6.07) is 9.72. The van der Waals surface area contributed by atoms with Gasteiger partial charge in [0, 0.05) is 11.7 Å². The van der Waals surface area contributed by atoms with Gasteiger partial charge in [-0.15, -0.1) is 0 Å². The first-order chi connectivity index (χ1) is 9.86. The van der Waals surface area contributed by atoms with E-state index in [9.17, 15) is 0 Å². The van der Waals surface area contributed by atoms with Crippen LogP contribution in [0.25, 0.3) is 0 Å². The second kappa shape index (κ2) is 6.85. The monoisotopic (exact) mass is 287 g/mol. The van der Waals surface area contributed by atoms with Crippen molar-refractivity contribution < 1.29 is 0 Å². The van der Waals surface area contributed by atoms with Crippen LogP contribution in [0.15, 0.2) is 24.3 Å². The lowest BCUT2D eigenvalue weighted by Gasteiger charge is -2.22. The molecule has 1 aliphatic carbocycles. The molecule has 0 amide bonds. The Morgan fingerprint density at radius 2 is 1.62 bits per heavy atom. The lowest BCUT2D eigenvalue weighted by molar-refractivity contribution is 0.341. The highest BCUT2D eigenvalue weighted by molar-refractivity contribution is 5.46. The van der Waals surface area contributed by atoms with E-state index in [1.165, 1.54) is 43.4 Å². The third-order valence-corrected chi connectivity index (χ3v) is 5.08. The van der Waals surface area contributed by atoms with Crippen LogP contribution in [0.4, 0.5) is 5.69 Å². The average molecular weight is 287 g/mol. The van der Waals surface area contributed by atoms with Crippen molar-refractivity contribution in [3.63, 3.8) is 0 Å². The van der Waals surface area contributed by atoms with Crippen LogP contribution in [0.1, 0.15) is 72.3 Å². The van der Waals surface area contributed by atoms with Crippen LogP contribution in [-0.2, 0) is 5.41 Å². The van der Waals surface area contributed by atoms with E-state index in [-0.39, 0.29) is 5.41 Å². The number of hydrogen-bond acceptors (Lipinski definition) is 1. The maximum Gasteiger partial charge on any atom is 0.0342 e. The average Bonchev–Trinajstić information content (AvgIpc) is 2.64. The Hall–Kier alpha value is -0.980. The molecule has 21 heavy (non-hydrogen) atoms. The molecule has 1 aromatic carbocycles. The minimum Gasteiger partial charge on any atom is -0.382 e. The standard InChI is InChI=1S/C20H33N/c1-15(2)16-7-6-8-18(12-9-16)21-19-13-10-17(11-14-19)20(3,4)5/h10-11,13-16,18,21H,6-9,12H2,1-5H3. The Balaban J connectivity index is 1.93. The minimum absolute atomic E-state index is 0.241. The van der Waals surface area contributed by atoms with Crippen molar-refractivity contribution in [2.24, 2.45) is 11.8 Å². The van der Waals surface area contributed by atoms with Gasteiger partial charge in [-0.05, 0) is 54.2 Å². The SMILES string of the molecule is CC(C)C1CCCC(Nc2ccc(C(C)(C)C)cc2)CC1. The molecule has 0 saturated heterocycles. The molecular formula is C20H33N. The molecule has 0 radical (unpaired) electrons. The Labute approximate surface area is 131 Å². The number of nitrogens with one attached hydrogen (secondary N) is 1. The van der Waals surface area contributed by atoms with Crippen LogP contribution in [0.2, 0.25) is 0 Å². The Bertz CT molecular complexity index is 424. The van der Waals surface area contributed by atoms with E-state index < -0.39 is 0 Å². The third-order valence-electron chi connectivity index (χ3n) is 5.08. The van der Waals surface area contributed by atoms with E-state index in [0.717, 1.165) is 11.8 Å². The van der Waals surface area contributed by atoms with E-state index in [1.54, 1.807) is 0 Å². The molecule has 1 nitrogen and oxygen atoms in total. The van der Waals surface area contributed by atoms with E-state index in [0.29, 0.717) is 6.04 Å². The molecule has 0 bridgehead atoms. The number of rotatable bonds is 3. The van der Waals surface area contributed by atoms with Gasteiger partial charge in [-0.3, -0.25) is 0 Å². The lowest BCUT2D eigenvalue weighted by Crippen LogP contribution is -2.19. The van der Waals surface area contributed by atoms with Crippen molar-refractivity contribution in [1.29, 1.82) is 0 Å². The summed E-state index contributed by atoms with van der Waals surface area (Å²) in [5.41, 5.74) is 2.94. The molecule has 1 N–H and O–H groups in total. The Kier molecular flexibility index (Phi) is 5.35. The summed E-state index contributed by atoms with van der Waals surface area (Å²) < 4.78 is 0. The van der Waals surface area contributed by atoms with E-state index in [1.807, 2.05) is 0 Å². The van der Waals surface area contributed by atoms with Crippen molar-refractivity contribution in [3.8, 4) is 0 Å². The van der Waals surface area contributed by atoms with Gasteiger partial charge >= 0.3 is 0 Å². The van der Waals surface area contributed by atoms with Gasteiger partial charge < -0.3 is 5.32 Å². The number of anilines is 1. The molecule has 1 aromatic rings. The molecule has 1 saturated carbocycles. The Morgan fingerprint density at radius 3 is 2.19 bits per heavy atom. The van der Waals surface area contributed by atoms with Gasteiger partial charge in [-0.1, -0.05) is 59.6 Å². The molecule has 0 aliphatic heterocycles. The summed E-state index contributed by atoms with van der Waals surface area (Å²) in [5.74, 6) is 1.77. The normalized spacial score (nSPS) is 23.9. The van der Waals surface area contributed by atoms with Crippen molar-refractivity contribution in [2.75, 3.05) is 5.32 Å². The summed E-state index contributed by atoms with van der Waals surface area (Å²) in [6.45, 7) is 11.6. The molecule has 0 spiro atoms. The van der Waals surface area contributed by atoms with E-state index in [4.69, 9.17) is 0 Å². The number of benzene rings is 1. The minimum atomic E-state index is 0.241. The van der Waals surface area contributed by atoms with Crippen molar-refractivity contribution >= 4 is 5.69 Å². The van der Waals surface area contributed by atoms with Crippen LogP contribution in [0, 0.1) is 11.8 Å². The topological polar surface area (TPSA) is 12.0 Å². The summed E-state index contributed by atoms with van der Waals surface area (Å²) in [7, 11) is 0. The molecule has 2 unspecified atom stereocenters. The maximum atomic E-state index is 3.76. The van der Waals surface area contributed by atoms with Gasteiger partial charge in [-0.2, -0.15) is 0 Å². The van der Waals surface area contributed by atoms with Crippen LogP contribution in [-0.4, -0.2) is 6.04 Å². The second-order valence-electron chi connectivity index (χ2n) is 8.18. The molecule has 118 valence electrons. The first-order valence-electron chi connectivity index (χ1n) is 8.73. The van der Waals surface area contributed by atoms with Crippen LogP contribution in [0.5, 0.6) is 0 Å². The number of hydrogen-bond donors (Lipinski definition) is 1. The summed E-state index contributed by atoms with van der Waals surface area (Å²) in [4.78, 5) is 0. The van der Waals surface area contributed by atoms with Gasteiger partial charge in [0.15, 0.2) is 0 Å². The van der Waals surface area contributed by atoms with Gasteiger partial charge in [0.05, 0.1) is 0 Å². The van der Waals surface area contributed by atoms with E-state index in [2.05, 4.69) is 64.2 Å². The predicted molar refractivity (Wildman–Crippen MR) is 94.0 cm³/mol. The van der Waals surface area contributed by atoms with Gasteiger partial charge in [0.2, 0.25) is 0 Å². The third kappa shape index (κ3) is 4.76. The zero-order chi connectivity index (χ0) is 15.5.